The zero-order chi connectivity index (χ0) is 102. The first-order valence-electron chi connectivity index (χ1n) is 38.4. The predicted molar refractivity (Wildman–Crippen MR) is 484 cm³/mol. The number of carbonyl (C=O) groups is 2. The zero-order valence-electron chi connectivity index (χ0n) is 76.3. The smallest absolute Gasteiger partial charge is 0.387 e. The molecule has 0 unspecified atom stereocenters. The lowest BCUT2D eigenvalue weighted by Crippen LogP contribution is -2.38. The maximum atomic E-state index is 10.6. The molecule has 1 aliphatic heterocycles. The Balaban J connectivity index is -0.000000318. The third-order valence-electron chi connectivity index (χ3n) is 11.2. The number of tetrazole rings is 2. The minimum atomic E-state index is -0.725. The van der Waals surface area contributed by atoms with Crippen LogP contribution in [0.5, 0.6) is 0 Å². The van der Waals surface area contributed by atoms with Crippen LogP contribution in [0.25, 0.3) is 5.65 Å². The number of rotatable bonds is 0. The molecule has 16 aromatic rings. The number of nitrogens with one attached hydrogen (secondary N) is 18. The highest BCUT2D eigenvalue weighted by Gasteiger charge is 2.22. The van der Waals surface area contributed by atoms with E-state index < -0.39 is 34.1 Å². The normalized spacial score (nSPS) is 9.16. The van der Waals surface area contributed by atoms with Gasteiger partial charge in [-0.2, -0.15) is 34.8 Å². The molecular weight excluding hydrogens is 1790 g/mol. The molecule has 16 aromatic heterocycles. The number of hydrogen-bond acceptors (Lipinski definition) is 36. The quantitative estimate of drug-likeness (QED) is 0.0490. The number of amides is 3. The van der Waals surface area contributed by atoms with Gasteiger partial charge in [-0.15, -0.1) is 19.9 Å². The van der Waals surface area contributed by atoms with Crippen LogP contribution in [0.3, 0.4) is 0 Å². The number of H-pyrrole nitrogens is 17. The average molecular weight is 1900 g/mol. The van der Waals surface area contributed by atoms with Crippen molar-refractivity contribution in [3.8, 4) is 0 Å². The summed E-state index contributed by atoms with van der Waals surface area (Å²) in [4.78, 5) is 211. The van der Waals surface area contributed by atoms with Gasteiger partial charge >= 0.3 is 51.4 Å². The van der Waals surface area contributed by atoms with Gasteiger partial charge in [-0.1, -0.05) is 119 Å². The zero-order valence-corrected chi connectivity index (χ0v) is 77.9. The Morgan fingerprint density at radius 1 is 0.561 bits per heavy atom. The fourth-order valence-electron chi connectivity index (χ4n) is 5.74. The van der Waals surface area contributed by atoms with E-state index in [2.05, 4.69) is 151 Å². The van der Waals surface area contributed by atoms with Crippen LogP contribution in [-0.2, 0) is 33.0 Å². The molecule has 0 atom stereocenters. The molecule has 132 heavy (non-hydrogen) atoms. The Morgan fingerprint density at radius 2 is 1.19 bits per heavy atom. The molecule has 61 heteroatoms. The number of likely N-dealkylation sites (N-methyl/N-ethyl adjacent to an activating group) is 1. The number of hydrogen-bond donors (Lipinski definition) is 19. The molecule has 0 bridgehead atoms. The third kappa shape index (κ3) is 67.9. The number of aryl methyl sites for hydroxylation is 8. The van der Waals surface area contributed by atoms with Gasteiger partial charge in [0.15, 0.2) is 11.5 Å². The molecule has 1 saturated heterocycles. The van der Waals surface area contributed by atoms with Crippen LogP contribution in [0, 0.1) is 27.7 Å². The lowest BCUT2D eigenvalue weighted by atomic mass is 10.4. The molecule has 0 saturated carbocycles. The van der Waals surface area contributed by atoms with Crippen molar-refractivity contribution >= 4 is 40.8 Å². The molecule has 0 radical (unpaired) electrons. The molecule has 59 nitrogen and oxygen atoms in total. The van der Waals surface area contributed by atoms with E-state index in [1.54, 1.807) is 45.5 Å². The van der Waals surface area contributed by atoms with Gasteiger partial charge in [0, 0.05) is 137 Å². The molecule has 19 N–H and O–H groups in total. The van der Waals surface area contributed by atoms with Gasteiger partial charge in [-0.3, -0.25) is 102 Å². The van der Waals surface area contributed by atoms with Crippen molar-refractivity contribution in [1.82, 2.24) is 174 Å². The summed E-state index contributed by atoms with van der Waals surface area (Å²) in [5.74, 6) is 0.583. The lowest BCUT2D eigenvalue weighted by molar-refractivity contribution is -0.949. The van der Waals surface area contributed by atoms with Crippen LogP contribution in [-0.4, -0.2) is 199 Å². The van der Waals surface area contributed by atoms with Crippen LogP contribution >= 0.6 is 23.3 Å². The van der Waals surface area contributed by atoms with Gasteiger partial charge in [0.1, 0.15) is 36.9 Å². The van der Waals surface area contributed by atoms with Crippen LogP contribution in [0.1, 0.15) is 120 Å². The highest BCUT2D eigenvalue weighted by Crippen LogP contribution is 1.91. The predicted octanol–water partition coefficient (Wildman–Crippen LogP) is -1.04. The number of imide groups is 1. The first-order chi connectivity index (χ1) is 63.0. The highest BCUT2D eigenvalue weighted by atomic mass is 32.1. The molecule has 1 fully saturated rings. The lowest BCUT2D eigenvalue weighted by Gasteiger charge is -1.99. The molecule has 0 aliphatic carbocycles. The van der Waals surface area contributed by atoms with Crippen molar-refractivity contribution in [3.05, 3.63) is 340 Å². The topological polar surface area (TPSA) is 837 Å². The monoisotopic (exact) mass is 1900 g/mol. The van der Waals surface area contributed by atoms with Gasteiger partial charge in [0.2, 0.25) is 5.91 Å². The fourth-order valence-corrected chi connectivity index (χ4v) is 6.68. The highest BCUT2D eigenvalue weighted by molar-refractivity contribution is 7.03. The second-order valence-electron chi connectivity index (χ2n) is 20.5. The van der Waals surface area contributed by atoms with E-state index in [9.17, 15) is 91.1 Å². The fraction of sp³-hybridized carbons (Fsp3) is 0.338. The Bertz CT molecular complexity index is 6140. The second kappa shape index (κ2) is 80.6. The first-order valence-corrected chi connectivity index (χ1v) is 40.1. The number of carbonyl (C=O) groups excluding carboxylic acids is 2. The van der Waals surface area contributed by atoms with E-state index in [-0.39, 0.29) is 79.8 Å². The van der Waals surface area contributed by atoms with E-state index in [1.807, 2.05) is 137 Å². The minimum absolute atomic E-state index is 0.0139. The van der Waals surface area contributed by atoms with Gasteiger partial charge in [0.05, 0.1) is 11.9 Å². The van der Waals surface area contributed by atoms with E-state index in [0.717, 1.165) is 37.9 Å². The summed E-state index contributed by atoms with van der Waals surface area (Å²) in [6, 6.07) is 18.1. The summed E-state index contributed by atoms with van der Waals surface area (Å²) in [6.07, 6.45) is 13.4. The molecular formula is C71H113N36O23S2+. The average Bonchev–Trinajstić information content (AvgIpc) is 1.70. The van der Waals surface area contributed by atoms with Crippen molar-refractivity contribution in [2.75, 3.05) is 13.6 Å². The van der Waals surface area contributed by atoms with Gasteiger partial charge in [-0.25, -0.2) is 78.1 Å². The number of urea groups is 1. The van der Waals surface area contributed by atoms with Crippen LogP contribution in [0.2, 0.25) is 0 Å². The molecule has 0 spiro atoms. The number of aromatic nitrogens is 34. The standard InChI is InChI=1S/C5H6N2O2.C5H7N.C4H3N5O.C4H5N3O2.C4H6N2O2.2C4H4N2O2.C4H4N2O.C3H5N3O2.C3H5N3.C3H4N2O3.C3H4N2OS.2C3H3NO2.C3H3NOS.C2H4N4.7C2H6/c1-7-3-2-4(8)6-5(7)9;1-5-2-3-6-4-5;10-4-2-1-3-5-7-8-9(3)6-4;1-7-4(9)6-3(8)2-5-7;1-6-2-3(7)5-4(6)8;7-4-2-1-3-6(8)5-4;7-3-1-2-4(8)6-5-3;7-4-2-1-3-5-6-4;1-6-3(8)4-2(7)5-6;1-3-4-2-5-6-3;1-5-2(6)4-3(7)8-5;1-2-3(6)5-7-4-2;5-3-1-2-6-4-3;5-3-1-2-4-6-3;5-3-1-2-6-4-3;1-2-3-5-6-4-2;7*1-2/h2-3H,1H3,(H,6,8,9);2-4,6H,1H3;1-2H,(H,6,10);2H,1H3,(H,6,8,9);2H2,1H3,(H,5,7,8);1-3H,(H-,5,7,8);1-2H,(H,5,7)(H,6,8);1-3H,(H,6,7);1H3,(H2,4,5,7,8);2H,1H3,(H,4,5,6);1H3,(H,4,6,7);1H3,(H,5,6);1-2H,(H,4,5);1-2,4H;1-2H,(H,4,5);1H3,(H,3,4,5,6);7*1-2H3/p+1. The van der Waals surface area contributed by atoms with Crippen molar-refractivity contribution in [2.45, 2.75) is 125 Å². The molecule has 3 amide bonds. The van der Waals surface area contributed by atoms with Crippen molar-refractivity contribution in [2.24, 2.45) is 28.2 Å². The molecule has 726 valence electrons. The van der Waals surface area contributed by atoms with Gasteiger partial charge < -0.3 is 28.0 Å². The van der Waals surface area contributed by atoms with Gasteiger partial charge in [-0.05, 0) is 61.9 Å². The maximum absolute atomic E-state index is 10.6. The summed E-state index contributed by atoms with van der Waals surface area (Å²) in [7, 11) is 7.40. The summed E-state index contributed by atoms with van der Waals surface area (Å²) in [6.45, 7) is 35.5. The summed E-state index contributed by atoms with van der Waals surface area (Å²) >= 11 is 2.38. The Hall–Kier alpha value is -17.5. The minimum Gasteiger partial charge on any atom is -0.387 e. The van der Waals surface area contributed by atoms with Crippen molar-refractivity contribution in [1.29, 1.82) is 0 Å². The maximum Gasteiger partial charge on any atom is 0.440 e. The second-order valence-corrected chi connectivity index (χ2v) is 21.8. The molecule has 0 aromatic carbocycles. The number of aromatic amines is 17. The molecule has 17 rings (SSSR count). The Labute approximate surface area is 751 Å². The molecule has 17 heterocycles. The summed E-state index contributed by atoms with van der Waals surface area (Å²) < 4.78 is 26.7. The Kier molecular flexibility index (Phi) is 76.6. The number of nitrogens with zero attached hydrogens (tertiary/aromatic N) is 18. The van der Waals surface area contributed by atoms with Gasteiger partial charge in [0.25, 0.3) is 56.2 Å². The Morgan fingerprint density at radius 3 is 1.45 bits per heavy atom. The van der Waals surface area contributed by atoms with E-state index in [1.165, 1.54) is 150 Å². The van der Waals surface area contributed by atoms with Crippen LogP contribution in [0.15, 0.2) is 235 Å². The van der Waals surface area contributed by atoms with Crippen molar-refractivity contribution in [3.63, 3.8) is 0 Å². The summed E-state index contributed by atoms with van der Waals surface area (Å²) in [5.41, 5.74) is -2.73. The largest absolute Gasteiger partial charge is 0.440 e. The number of fused-ring (bicyclic) bond motifs is 1. The first kappa shape index (κ1) is 125. The van der Waals surface area contributed by atoms with E-state index in [4.69, 9.17) is 5.21 Å². The summed E-state index contributed by atoms with van der Waals surface area (Å²) in [5, 5.41) is 66.0. The SMILES string of the molecule is CC.CC.CC.CC.CC.CC.CC.CN1CC(=O)NC1=O.Cc1cc[nH]c1.Cc1ncn[nH]1.Cc1nn[nH]n1.Cc1ns[nH]c1=O.Cn1[nH]c(=O)[nH]c1=O.Cn1ccc(=O)[nH]c1=O.Cn1ncc(=O)[nH]c1=O.Cn1oc(=O)[nH]c1=O.O=c1cc[nH]o1.O=c1ccc(=O)[nH][nH]1.O=c1ccc2nnnn2[nH]1.O=c1ccc[n+](O)[nH]1.O=c1cccn[nH]1.O=c1cco[nH]1.O=c1ccs[nH]1. The van der Waals surface area contributed by atoms with Crippen molar-refractivity contribution < 1.29 is 33.2 Å². The van der Waals surface area contributed by atoms with E-state index >= 15 is 0 Å². The van der Waals surface area contributed by atoms with E-state index in [0.29, 0.717) is 22.0 Å². The third-order valence-corrected chi connectivity index (χ3v) is 12.4. The van der Waals surface area contributed by atoms with Crippen LogP contribution in [0.4, 0.5) is 4.79 Å². The van der Waals surface area contributed by atoms with Crippen LogP contribution < -0.4 is 106 Å². The molecule has 1 aliphatic rings.